The highest BCUT2D eigenvalue weighted by Gasteiger charge is 2.10. The molecule has 0 spiro atoms. The van der Waals surface area contributed by atoms with E-state index in [1.54, 1.807) is 23.5 Å². The summed E-state index contributed by atoms with van der Waals surface area (Å²) in [5, 5.41) is 13.1. The van der Waals surface area contributed by atoms with E-state index in [1.807, 2.05) is 49.7 Å². The number of aryl methyl sites for hydroxylation is 1. The summed E-state index contributed by atoms with van der Waals surface area (Å²) in [6.45, 7) is 3.92. The Balaban J connectivity index is 1.65. The maximum Gasteiger partial charge on any atom is 0.130 e. The summed E-state index contributed by atoms with van der Waals surface area (Å²) in [5.41, 5.74) is 5.76. The van der Waals surface area contributed by atoms with E-state index in [4.69, 9.17) is 0 Å². The highest BCUT2D eigenvalue weighted by atomic mass is 32.1. The number of rotatable bonds is 4. The largest absolute Gasteiger partial charge is 0.508 e. The van der Waals surface area contributed by atoms with Crippen LogP contribution in [0.1, 0.15) is 24.4 Å². The van der Waals surface area contributed by atoms with Gasteiger partial charge in [0.05, 0.1) is 27.5 Å². The number of nitrogens with zero attached hydrogens (tertiary/aromatic N) is 3. The van der Waals surface area contributed by atoms with Crippen LogP contribution in [0, 0.1) is 6.92 Å². The molecule has 0 amide bonds. The van der Waals surface area contributed by atoms with Crippen LogP contribution in [0.5, 0.6) is 5.75 Å². The zero-order chi connectivity index (χ0) is 18.1. The minimum atomic E-state index is 0.00762. The van der Waals surface area contributed by atoms with Gasteiger partial charge >= 0.3 is 0 Å². The van der Waals surface area contributed by atoms with Crippen molar-refractivity contribution in [2.45, 2.75) is 19.9 Å². The second kappa shape index (κ2) is 6.72. The van der Waals surface area contributed by atoms with Crippen LogP contribution < -0.4 is 5.32 Å². The third kappa shape index (κ3) is 3.36. The summed E-state index contributed by atoms with van der Waals surface area (Å²) in [7, 11) is 0. The first-order valence-corrected chi connectivity index (χ1v) is 9.21. The SMILES string of the molecule is Cc1nc(NC(C)c2cccc(O)c2)cc(-c2ccc3ncsc3c2)n1. The number of hydrogen-bond acceptors (Lipinski definition) is 6. The Morgan fingerprint density at radius 1 is 1.08 bits per heavy atom. The van der Waals surface area contributed by atoms with Gasteiger partial charge in [0, 0.05) is 11.6 Å². The Morgan fingerprint density at radius 2 is 1.96 bits per heavy atom. The zero-order valence-corrected chi connectivity index (χ0v) is 15.3. The molecule has 26 heavy (non-hydrogen) atoms. The smallest absolute Gasteiger partial charge is 0.130 e. The Morgan fingerprint density at radius 3 is 2.81 bits per heavy atom. The molecule has 5 nitrogen and oxygen atoms in total. The van der Waals surface area contributed by atoms with E-state index in [9.17, 15) is 5.11 Å². The highest BCUT2D eigenvalue weighted by Crippen LogP contribution is 2.27. The number of benzene rings is 2. The monoisotopic (exact) mass is 362 g/mol. The molecule has 0 radical (unpaired) electrons. The molecule has 2 heterocycles. The van der Waals surface area contributed by atoms with Crippen LogP contribution in [-0.4, -0.2) is 20.1 Å². The van der Waals surface area contributed by atoms with Crippen molar-refractivity contribution in [2.75, 3.05) is 5.32 Å². The molecule has 0 saturated carbocycles. The average Bonchev–Trinajstić information content (AvgIpc) is 3.09. The fourth-order valence-corrected chi connectivity index (χ4v) is 3.62. The van der Waals surface area contributed by atoms with Crippen LogP contribution in [0.3, 0.4) is 0 Å². The Hall–Kier alpha value is -2.99. The van der Waals surface area contributed by atoms with E-state index in [-0.39, 0.29) is 11.8 Å². The lowest BCUT2D eigenvalue weighted by Crippen LogP contribution is -2.09. The Bertz CT molecular complexity index is 1080. The number of phenols is 1. The van der Waals surface area contributed by atoms with Gasteiger partial charge in [0.2, 0.25) is 0 Å². The van der Waals surface area contributed by atoms with Crippen molar-refractivity contribution < 1.29 is 5.11 Å². The van der Waals surface area contributed by atoms with Gasteiger partial charge in [0.15, 0.2) is 0 Å². The molecule has 2 aromatic heterocycles. The molecule has 2 aromatic carbocycles. The summed E-state index contributed by atoms with van der Waals surface area (Å²) >= 11 is 1.62. The Kier molecular flexibility index (Phi) is 4.26. The number of nitrogens with one attached hydrogen (secondary N) is 1. The molecule has 0 aliphatic rings. The summed E-state index contributed by atoms with van der Waals surface area (Å²) in [4.78, 5) is 13.4. The third-order valence-electron chi connectivity index (χ3n) is 4.20. The van der Waals surface area contributed by atoms with Crippen molar-refractivity contribution in [1.29, 1.82) is 0 Å². The first-order valence-electron chi connectivity index (χ1n) is 8.33. The minimum Gasteiger partial charge on any atom is -0.508 e. The lowest BCUT2D eigenvalue weighted by atomic mass is 10.1. The first kappa shape index (κ1) is 16.5. The van der Waals surface area contributed by atoms with Crippen molar-refractivity contribution >= 4 is 27.4 Å². The lowest BCUT2D eigenvalue weighted by molar-refractivity contribution is 0.474. The number of aromatic nitrogens is 3. The summed E-state index contributed by atoms with van der Waals surface area (Å²) in [6.07, 6.45) is 0. The molecule has 4 rings (SSSR count). The molecule has 0 fully saturated rings. The summed E-state index contributed by atoms with van der Waals surface area (Å²) in [5.74, 6) is 1.72. The molecule has 0 aliphatic heterocycles. The number of aromatic hydroxyl groups is 1. The van der Waals surface area contributed by atoms with Crippen molar-refractivity contribution in [3.8, 4) is 17.0 Å². The van der Waals surface area contributed by atoms with Crippen LogP contribution in [0.2, 0.25) is 0 Å². The fraction of sp³-hybridized carbons (Fsp3) is 0.150. The van der Waals surface area contributed by atoms with Crippen LogP contribution in [0.15, 0.2) is 54.0 Å². The second-order valence-electron chi connectivity index (χ2n) is 6.18. The van der Waals surface area contributed by atoms with Gasteiger partial charge in [0.1, 0.15) is 17.4 Å². The molecular formula is C20H18N4OS. The normalized spacial score (nSPS) is 12.2. The standard InChI is InChI=1S/C20H18N4OS/c1-12(14-4-3-5-16(25)8-14)22-20-10-18(23-13(2)24-20)15-6-7-17-19(9-15)26-11-21-17/h3-12,25H,1-2H3,(H,22,23,24). The van der Waals surface area contributed by atoms with Gasteiger partial charge in [0.25, 0.3) is 0 Å². The van der Waals surface area contributed by atoms with Gasteiger partial charge in [-0.25, -0.2) is 15.0 Å². The van der Waals surface area contributed by atoms with Crippen LogP contribution >= 0.6 is 11.3 Å². The molecular weight excluding hydrogens is 344 g/mol. The molecule has 130 valence electrons. The van der Waals surface area contributed by atoms with Gasteiger partial charge in [-0.3, -0.25) is 0 Å². The van der Waals surface area contributed by atoms with Gasteiger partial charge in [-0.15, -0.1) is 11.3 Å². The molecule has 6 heteroatoms. The average molecular weight is 362 g/mol. The number of fused-ring (bicyclic) bond motifs is 1. The lowest BCUT2D eigenvalue weighted by Gasteiger charge is -2.16. The highest BCUT2D eigenvalue weighted by molar-refractivity contribution is 7.16. The second-order valence-corrected chi connectivity index (χ2v) is 7.07. The Labute approximate surface area is 155 Å². The summed E-state index contributed by atoms with van der Waals surface area (Å²) < 4.78 is 1.14. The molecule has 2 N–H and O–H groups in total. The molecule has 0 bridgehead atoms. The molecule has 4 aromatic rings. The van der Waals surface area contributed by atoms with E-state index in [2.05, 4.69) is 26.3 Å². The summed E-state index contributed by atoms with van der Waals surface area (Å²) in [6, 6.07) is 15.4. The number of hydrogen-bond donors (Lipinski definition) is 2. The van der Waals surface area contributed by atoms with Crippen LogP contribution in [-0.2, 0) is 0 Å². The van der Waals surface area contributed by atoms with Gasteiger partial charge in [-0.2, -0.15) is 0 Å². The van der Waals surface area contributed by atoms with Crippen molar-refractivity contribution in [2.24, 2.45) is 0 Å². The molecule has 1 unspecified atom stereocenters. The predicted molar refractivity (Wildman–Crippen MR) is 106 cm³/mol. The van der Waals surface area contributed by atoms with Crippen molar-refractivity contribution in [3.63, 3.8) is 0 Å². The van der Waals surface area contributed by atoms with Gasteiger partial charge in [-0.1, -0.05) is 18.2 Å². The maximum absolute atomic E-state index is 9.68. The molecule has 1 atom stereocenters. The fourth-order valence-electron chi connectivity index (χ4n) is 2.90. The van der Waals surface area contributed by atoms with Crippen molar-refractivity contribution in [3.05, 3.63) is 65.4 Å². The first-order chi connectivity index (χ1) is 12.6. The number of anilines is 1. The number of phenolic OH excluding ortho intramolecular Hbond substituents is 1. The van der Waals surface area contributed by atoms with E-state index >= 15 is 0 Å². The van der Waals surface area contributed by atoms with Gasteiger partial charge < -0.3 is 10.4 Å². The van der Waals surface area contributed by atoms with E-state index in [0.717, 1.165) is 32.9 Å². The van der Waals surface area contributed by atoms with Crippen LogP contribution in [0.25, 0.3) is 21.5 Å². The van der Waals surface area contributed by atoms with E-state index in [1.165, 1.54) is 0 Å². The topological polar surface area (TPSA) is 70.9 Å². The van der Waals surface area contributed by atoms with Crippen LogP contribution in [0.4, 0.5) is 5.82 Å². The van der Waals surface area contributed by atoms with E-state index < -0.39 is 0 Å². The molecule has 0 aliphatic carbocycles. The van der Waals surface area contributed by atoms with Gasteiger partial charge in [-0.05, 0) is 43.7 Å². The van der Waals surface area contributed by atoms with Crippen molar-refractivity contribution in [1.82, 2.24) is 15.0 Å². The third-order valence-corrected chi connectivity index (χ3v) is 4.99. The quantitative estimate of drug-likeness (QED) is 0.538. The predicted octanol–water partition coefficient (Wildman–Crippen LogP) is 4.94. The molecule has 0 saturated heterocycles. The maximum atomic E-state index is 9.68. The number of thiazole rings is 1. The zero-order valence-electron chi connectivity index (χ0n) is 14.5. The van der Waals surface area contributed by atoms with E-state index in [0.29, 0.717) is 5.82 Å². The minimum absolute atomic E-state index is 0.00762.